The van der Waals surface area contributed by atoms with Crippen molar-refractivity contribution in [3.8, 4) is 0 Å². The molecule has 2 rings (SSSR count). The summed E-state index contributed by atoms with van der Waals surface area (Å²) in [6.45, 7) is 2.92. The van der Waals surface area contributed by atoms with Crippen molar-refractivity contribution in [3.63, 3.8) is 0 Å². The Bertz CT molecular complexity index is 453. The summed E-state index contributed by atoms with van der Waals surface area (Å²) in [5.74, 6) is -1.34. The van der Waals surface area contributed by atoms with E-state index >= 15 is 0 Å². The lowest BCUT2D eigenvalue weighted by molar-refractivity contribution is 0.541. The molecule has 1 aliphatic rings. The van der Waals surface area contributed by atoms with E-state index in [1.54, 1.807) is 0 Å². The van der Waals surface area contributed by atoms with Crippen molar-refractivity contribution in [1.82, 2.24) is 5.32 Å². The van der Waals surface area contributed by atoms with Crippen LogP contribution in [0, 0.1) is 11.6 Å². The maximum atomic E-state index is 13.6. The largest absolute Gasteiger partial charge is 0.314 e. The van der Waals surface area contributed by atoms with E-state index in [2.05, 4.69) is 5.32 Å². The molecule has 1 aromatic rings. The predicted octanol–water partition coefficient (Wildman–Crippen LogP) is 2.60. The minimum absolute atomic E-state index is 0.0333. The van der Waals surface area contributed by atoms with Gasteiger partial charge in [-0.05, 0) is 37.9 Å². The zero-order valence-electron chi connectivity index (χ0n) is 10.3. The topological polar surface area (TPSA) is 29.1 Å². The van der Waals surface area contributed by atoms with Gasteiger partial charge < -0.3 is 5.32 Å². The second kappa shape index (κ2) is 5.89. The molecule has 1 fully saturated rings. The maximum Gasteiger partial charge on any atom is 0.142 e. The number of halogens is 2. The zero-order valence-corrected chi connectivity index (χ0v) is 11.1. The average Bonchev–Trinajstić information content (AvgIpc) is 2.77. The summed E-state index contributed by atoms with van der Waals surface area (Å²) in [6.07, 6.45) is 2.57. The highest BCUT2D eigenvalue weighted by Gasteiger charge is 2.30. The molecule has 3 unspecified atom stereocenters. The molecule has 5 heteroatoms. The SMILES string of the molecule is CCNC1CCC(S(=O)c2ccc(F)cc2F)C1. The fourth-order valence-corrected chi connectivity index (χ4v) is 4.00. The van der Waals surface area contributed by atoms with Crippen LogP contribution in [-0.2, 0) is 10.8 Å². The van der Waals surface area contributed by atoms with Crippen LogP contribution in [0.4, 0.5) is 8.78 Å². The molecule has 0 amide bonds. The molecule has 0 saturated heterocycles. The molecule has 0 aliphatic heterocycles. The molecule has 3 atom stereocenters. The van der Waals surface area contributed by atoms with Gasteiger partial charge in [0.15, 0.2) is 0 Å². The summed E-state index contributed by atoms with van der Waals surface area (Å²) in [6, 6.07) is 3.62. The van der Waals surface area contributed by atoms with Gasteiger partial charge in [-0.25, -0.2) is 8.78 Å². The molecule has 1 aromatic carbocycles. The van der Waals surface area contributed by atoms with Crippen molar-refractivity contribution in [2.45, 2.75) is 42.4 Å². The lowest BCUT2D eigenvalue weighted by Crippen LogP contribution is -2.27. The van der Waals surface area contributed by atoms with Crippen LogP contribution < -0.4 is 5.32 Å². The highest BCUT2D eigenvalue weighted by molar-refractivity contribution is 7.85. The van der Waals surface area contributed by atoms with E-state index < -0.39 is 22.4 Å². The third-order valence-electron chi connectivity index (χ3n) is 3.29. The van der Waals surface area contributed by atoms with Crippen molar-refractivity contribution >= 4 is 10.8 Å². The minimum atomic E-state index is -1.38. The second-order valence-corrected chi connectivity index (χ2v) is 6.26. The molecule has 100 valence electrons. The summed E-state index contributed by atoms with van der Waals surface area (Å²) >= 11 is 0. The first-order chi connectivity index (χ1) is 8.61. The minimum Gasteiger partial charge on any atom is -0.314 e. The molecule has 0 aromatic heterocycles. The van der Waals surface area contributed by atoms with Gasteiger partial charge in [-0.15, -0.1) is 0 Å². The van der Waals surface area contributed by atoms with Crippen molar-refractivity contribution in [2.24, 2.45) is 0 Å². The molecule has 2 nitrogen and oxygen atoms in total. The third-order valence-corrected chi connectivity index (χ3v) is 5.09. The molecule has 0 bridgehead atoms. The fourth-order valence-electron chi connectivity index (χ4n) is 2.43. The number of hydrogen-bond donors (Lipinski definition) is 1. The van der Waals surface area contributed by atoms with Gasteiger partial charge in [0.1, 0.15) is 11.6 Å². The van der Waals surface area contributed by atoms with Crippen LogP contribution in [0.5, 0.6) is 0 Å². The normalized spacial score (nSPS) is 25.3. The van der Waals surface area contributed by atoms with Gasteiger partial charge >= 0.3 is 0 Å². The van der Waals surface area contributed by atoms with Gasteiger partial charge in [0.05, 0.1) is 15.7 Å². The van der Waals surface area contributed by atoms with Crippen LogP contribution >= 0.6 is 0 Å². The Kier molecular flexibility index (Phi) is 4.45. The van der Waals surface area contributed by atoms with Crippen LogP contribution in [0.2, 0.25) is 0 Å². The van der Waals surface area contributed by atoms with E-state index in [4.69, 9.17) is 0 Å². The van der Waals surface area contributed by atoms with E-state index in [0.717, 1.165) is 37.9 Å². The van der Waals surface area contributed by atoms with Gasteiger partial charge in [0.2, 0.25) is 0 Å². The van der Waals surface area contributed by atoms with Crippen LogP contribution in [0.15, 0.2) is 23.1 Å². The standard InChI is InChI=1S/C13H17F2NOS/c1-2-16-10-4-5-11(8-10)18(17)13-6-3-9(14)7-12(13)15/h3,6-7,10-11,16H,2,4-5,8H2,1H3. The quantitative estimate of drug-likeness (QED) is 0.913. The lowest BCUT2D eigenvalue weighted by atomic mass is 10.2. The Morgan fingerprint density at radius 3 is 2.83 bits per heavy atom. The lowest BCUT2D eigenvalue weighted by Gasteiger charge is -2.12. The van der Waals surface area contributed by atoms with E-state index in [9.17, 15) is 13.0 Å². The van der Waals surface area contributed by atoms with Gasteiger partial charge in [-0.2, -0.15) is 0 Å². The summed E-state index contributed by atoms with van der Waals surface area (Å²) in [7, 11) is -1.38. The Balaban J connectivity index is 2.08. The van der Waals surface area contributed by atoms with Gasteiger partial charge in [0, 0.05) is 17.4 Å². The first-order valence-electron chi connectivity index (χ1n) is 6.20. The monoisotopic (exact) mass is 273 g/mol. The van der Waals surface area contributed by atoms with E-state index in [0.29, 0.717) is 6.04 Å². The first-order valence-corrected chi connectivity index (χ1v) is 7.42. The summed E-state index contributed by atoms with van der Waals surface area (Å²) in [5.41, 5.74) is 0. The number of rotatable bonds is 4. The average molecular weight is 273 g/mol. The number of hydrogen-bond acceptors (Lipinski definition) is 2. The molecule has 0 heterocycles. The molecule has 1 saturated carbocycles. The summed E-state index contributed by atoms with van der Waals surface area (Å²) in [4.78, 5) is 0.124. The summed E-state index contributed by atoms with van der Waals surface area (Å²) < 4.78 is 38.6. The molecule has 0 radical (unpaired) electrons. The smallest absolute Gasteiger partial charge is 0.142 e. The van der Waals surface area contributed by atoms with Crippen LogP contribution in [0.25, 0.3) is 0 Å². The Morgan fingerprint density at radius 1 is 1.39 bits per heavy atom. The highest BCUT2D eigenvalue weighted by Crippen LogP contribution is 2.28. The highest BCUT2D eigenvalue weighted by atomic mass is 32.2. The first kappa shape index (κ1) is 13.6. The second-order valence-electron chi connectivity index (χ2n) is 4.56. The third kappa shape index (κ3) is 2.95. The van der Waals surface area contributed by atoms with Crippen molar-refractivity contribution < 1.29 is 13.0 Å². The van der Waals surface area contributed by atoms with E-state index in [1.165, 1.54) is 6.07 Å². The van der Waals surface area contributed by atoms with E-state index in [1.807, 2.05) is 6.92 Å². The molecule has 18 heavy (non-hydrogen) atoms. The van der Waals surface area contributed by atoms with Gasteiger partial charge in [0.25, 0.3) is 0 Å². The molecular formula is C13H17F2NOS. The van der Waals surface area contributed by atoms with Crippen LogP contribution in [-0.4, -0.2) is 22.0 Å². The van der Waals surface area contributed by atoms with Gasteiger partial charge in [-0.1, -0.05) is 6.92 Å². The number of nitrogens with one attached hydrogen (secondary N) is 1. The van der Waals surface area contributed by atoms with Crippen molar-refractivity contribution in [3.05, 3.63) is 29.8 Å². The van der Waals surface area contributed by atoms with Crippen LogP contribution in [0.3, 0.4) is 0 Å². The fraction of sp³-hybridized carbons (Fsp3) is 0.538. The zero-order chi connectivity index (χ0) is 13.1. The molecular weight excluding hydrogens is 256 g/mol. The number of benzene rings is 1. The Hall–Kier alpha value is -0.810. The van der Waals surface area contributed by atoms with E-state index in [-0.39, 0.29) is 10.1 Å². The summed E-state index contributed by atoms with van der Waals surface area (Å²) in [5, 5.41) is 3.28. The predicted molar refractivity (Wildman–Crippen MR) is 67.9 cm³/mol. The Morgan fingerprint density at radius 2 is 2.17 bits per heavy atom. The Labute approximate surface area is 108 Å². The molecule has 1 N–H and O–H groups in total. The molecule has 1 aliphatic carbocycles. The maximum absolute atomic E-state index is 13.6. The van der Waals surface area contributed by atoms with Crippen molar-refractivity contribution in [1.29, 1.82) is 0 Å². The van der Waals surface area contributed by atoms with Crippen LogP contribution in [0.1, 0.15) is 26.2 Å². The van der Waals surface area contributed by atoms with Gasteiger partial charge in [-0.3, -0.25) is 4.21 Å². The van der Waals surface area contributed by atoms with Crippen molar-refractivity contribution in [2.75, 3.05) is 6.54 Å². The molecule has 0 spiro atoms.